The summed E-state index contributed by atoms with van der Waals surface area (Å²) in [7, 11) is 0. The van der Waals surface area contributed by atoms with Gasteiger partial charge in [-0.3, -0.25) is 9.59 Å². The fourth-order valence-electron chi connectivity index (χ4n) is 2.77. The highest BCUT2D eigenvalue weighted by Crippen LogP contribution is 2.40. The van der Waals surface area contributed by atoms with Crippen LogP contribution in [0.3, 0.4) is 0 Å². The predicted octanol–water partition coefficient (Wildman–Crippen LogP) is 2.86. The maximum absolute atomic E-state index is 12.2. The summed E-state index contributed by atoms with van der Waals surface area (Å²) in [5.41, 5.74) is -1.33. The molecule has 1 saturated heterocycles. The summed E-state index contributed by atoms with van der Waals surface area (Å²) < 4.78 is 16.2. The van der Waals surface area contributed by atoms with Gasteiger partial charge >= 0.3 is 18.0 Å². The first-order valence-electron chi connectivity index (χ1n) is 8.44. The van der Waals surface area contributed by atoms with Crippen molar-refractivity contribution >= 4 is 29.8 Å². The Morgan fingerprint density at radius 3 is 2.08 bits per heavy atom. The molecule has 144 valence electrons. The predicted molar refractivity (Wildman–Crippen MR) is 95.1 cm³/mol. The van der Waals surface area contributed by atoms with Gasteiger partial charge in [0.05, 0.1) is 0 Å². The second-order valence-corrected chi connectivity index (χ2v) is 8.51. The lowest BCUT2D eigenvalue weighted by atomic mass is 9.92. The third-order valence-corrected chi connectivity index (χ3v) is 5.50. The van der Waals surface area contributed by atoms with Gasteiger partial charge in [0, 0.05) is 25.0 Å². The highest BCUT2D eigenvalue weighted by atomic mass is 32.2. The average molecular weight is 375 g/mol. The minimum atomic E-state index is -0.689. The van der Waals surface area contributed by atoms with Gasteiger partial charge in [0.15, 0.2) is 5.44 Å². The fourth-order valence-corrected chi connectivity index (χ4v) is 4.30. The molecule has 0 radical (unpaired) electrons. The number of esters is 2. The van der Waals surface area contributed by atoms with Crippen molar-refractivity contribution in [2.24, 2.45) is 5.92 Å². The number of amides is 1. The van der Waals surface area contributed by atoms with E-state index in [-0.39, 0.29) is 11.2 Å². The van der Waals surface area contributed by atoms with E-state index < -0.39 is 41.2 Å². The maximum Gasteiger partial charge on any atom is 0.408 e. The Bertz CT molecular complexity index is 504. The van der Waals surface area contributed by atoms with E-state index in [0.29, 0.717) is 0 Å². The largest absolute Gasteiger partial charge is 0.460 e. The topological polar surface area (TPSA) is 90.9 Å². The molecule has 0 aromatic rings. The van der Waals surface area contributed by atoms with E-state index in [9.17, 15) is 14.4 Å². The maximum atomic E-state index is 12.2. The zero-order valence-corrected chi connectivity index (χ0v) is 16.8. The second-order valence-electron chi connectivity index (χ2n) is 7.17. The smallest absolute Gasteiger partial charge is 0.408 e. The van der Waals surface area contributed by atoms with Crippen molar-refractivity contribution in [2.75, 3.05) is 0 Å². The van der Waals surface area contributed by atoms with Crippen molar-refractivity contribution in [1.82, 2.24) is 5.32 Å². The van der Waals surface area contributed by atoms with Gasteiger partial charge in [-0.1, -0.05) is 13.8 Å². The molecule has 0 aromatic carbocycles. The summed E-state index contributed by atoms with van der Waals surface area (Å²) in [5.74, 6) is -0.929. The molecular weight excluding hydrogens is 346 g/mol. The van der Waals surface area contributed by atoms with E-state index in [1.165, 1.54) is 25.6 Å². The number of carbonyl (C=O) groups is 3. The van der Waals surface area contributed by atoms with Crippen LogP contribution in [-0.4, -0.2) is 46.5 Å². The first kappa shape index (κ1) is 21.6. The van der Waals surface area contributed by atoms with Crippen LogP contribution in [0, 0.1) is 5.92 Å². The molecule has 0 aromatic heterocycles. The van der Waals surface area contributed by atoms with Crippen LogP contribution in [0.4, 0.5) is 4.79 Å². The molecule has 1 rings (SSSR count). The molecule has 5 atom stereocenters. The van der Waals surface area contributed by atoms with Crippen LogP contribution in [0.15, 0.2) is 0 Å². The zero-order chi connectivity index (χ0) is 19.4. The van der Waals surface area contributed by atoms with Crippen molar-refractivity contribution in [1.29, 1.82) is 0 Å². The molecule has 7 nitrogen and oxygen atoms in total. The number of ether oxygens (including phenoxy) is 3. The Balaban J connectivity index is 3.08. The van der Waals surface area contributed by atoms with Crippen molar-refractivity contribution in [3.05, 3.63) is 0 Å². The van der Waals surface area contributed by atoms with Crippen LogP contribution >= 0.6 is 11.8 Å². The Hall–Kier alpha value is -1.44. The quantitative estimate of drug-likeness (QED) is 0.597. The van der Waals surface area contributed by atoms with Crippen LogP contribution in [0.25, 0.3) is 0 Å². The summed E-state index contributed by atoms with van der Waals surface area (Å²) >= 11 is 1.46. The van der Waals surface area contributed by atoms with Crippen LogP contribution in [0.2, 0.25) is 0 Å². The molecule has 8 heteroatoms. The molecule has 0 bridgehead atoms. The summed E-state index contributed by atoms with van der Waals surface area (Å²) in [6.07, 6.45) is -0.435. The molecule has 1 aliphatic heterocycles. The number of hydrogen-bond acceptors (Lipinski definition) is 7. The van der Waals surface area contributed by atoms with Crippen molar-refractivity contribution in [3.63, 3.8) is 0 Å². The molecule has 1 amide bonds. The third-order valence-electron chi connectivity index (χ3n) is 3.73. The van der Waals surface area contributed by atoms with E-state index in [2.05, 4.69) is 5.32 Å². The van der Waals surface area contributed by atoms with E-state index in [1.54, 1.807) is 20.8 Å². The summed E-state index contributed by atoms with van der Waals surface area (Å²) in [6, 6.07) is -0.689. The normalized spacial score (nSPS) is 29.5. The van der Waals surface area contributed by atoms with Crippen LogP contribution in [0.5, 0.6) is 0 Å². The lowest BCUT2D eigenvalue weighted by Crippen LogP contribution is -2.59. The van der Waals surface area contributed by atoms with Gasteiger partial charge in [-0.15, -0.1) is 11.8 Å². The van der Waals surface area contributed by atoms with Crippen molar-refractivity contribution in [2.45, 2.75) is 83.3 Å². The Morgan fingerprint density at radius 2 is 1.64 bits per heavy atom. The Kier molecular flexibility index (Phi) is 7.59. The van der Waals surface area contributed by atoms with E-state index in [1.807, 2.05) is 13.8 Å². The van der Waals surface area contributed by atoms with E-state index in [4.69, 9.17) is 14.2 Å². The fraction of sp³-hybridized carbons (Fsp3) is 0.824. The summed E-state index contributed by atoms with van der Waals surface area (Å²) in [5, 5.41) is 2.85. The van der Waals surface area contributed by atoms with Gasteiger partial charge < -0.3 is 19.5 Å². The van der Waals surface area contributed by atoms with Gasteiger partial charge in [0.25, 0.3) is 0 Å². The molecular formula is C17H29NO6S. The molecule has 25 heavy (non-hydrogen) atoms. The van der Waals surface area contributed by atoms with Gasteiger partial charge in [-0.2, -0.15) is 0 Å². The molecule has 0 saturated carbocycles. The minimum Gasteiger partial charge on any atom is -0.460 e. The Morgan fingerprint density at radius 1 is 1.08 bits per heavy atom. The number of carbonyl (C=O) groups excluding carboxylic acids is 3. The number of nitrogens with one attached hydrogen (secondary N) is 1. The van der Waals surface area contributed by atoms with Gasteiger partial charge in [-0.25, -0.2) is 4.79 Å². The van der Waals surface area contributed by atoms with Gasteiger partial charge in [-0.05, 0) is 27.2 Å². The highest BCUT2D eigenvalue weighted by Gasteiger charge is 2.47. The summed E-state index contributed by atoms with van der Waals surface area (Å²) in [4.78, 5) is 35.3. The van der Waals surface area contributed by atoms with Gasteiger partial charge in [0.2, 0.25) is 0 Å². The highest BCUT2D eigenvalue weighted by molar-refractivity contribution is 8.00. The number of thioether (sulfide) groups is 1. The van der Waals surface area contributed by atoms with Crippen LogP contribution in [-0.2, 0) is 23.8 Å². The lowest BCUT2D eigenvalue weighted by Gasteiger charge is -2.44. The lowest BCUT2D eigenvalue weighted by molar-refractivity contribution is -0.156. The monoisotopic (exact) mass is 375 g/mol. The zero-order valence-electron chi connectivity index (χ0n) is 16.0. The first-order chi connectivity index (χ1) is 11.4. The summed E-state index contributed by atoms with van der Waals surface area (Å²) in [6.45, 7) is 11.9. The van der Waals surface area contributed by atoms with Gasteiger partial charge in [0.1, 0.15) is 17.7 Å². The van der Waals surface area contributed by atoms with E-state index >= 15 is 0 Å². The molecule has 1 aliphatic rings. The van der Waals surface area contributed by atoms with Crippen LogP contribution < -0.4 is 5.32 Å². The van der Waals surface area contributed by atoms with Crippen LogP contribution in [0.1, 0.15) is 54.9 Å². The number of rotatable bonds is 4. The molecule has 0 unspecified atom stereocenters. The van der Waals surface area contributed by atoms with Crippen molar-refractivity contribution in [3.8, 4) is 0 Å². The SMILES string of the molecule is CC[C@H]1S[C@H](OC(C)=O)[C@H](NC(=O)OC(C)(C)C)[C@@H](OC(C)=O)[C@@H]1C. The molecule has 1 heterocycles. The Labute approximate surface area is 153 Å². The molecule has 0 spiro atoms. The number of hydrogen-bond donors (Lipinski definition) is 1. The number of alkyl carbamates (subject to hydrolysis) is 1. The molecule has 0 aliphatic carbocycles. The second kappa shape index (κ2) is 8.78. The molecule has 1 fully saturated rings. The van der Waals surface area contributed by atoms with E-state index in [0.717, 1.165) is 6.42 Å². The first-order valence-corrected chi connectivity index (χ1v) is 9.38. The third kappa shape index (κ3) is 6.76. The molecule has 1 N–H and O–H groups in total. The van der Waals surface area contributed by atoms with Crippen molar-refractivity contribution < 1.29 is 28.6 Å². The minimum absolute atomic E-state index is 0.0226. The average Bonchev–Trinajstić information content (AvgIpc) is 2.42. The standard InChI is InChI=1S/C17H29NO6S/c1-8-12-9(2)14(22-10(3)19)13(15(25-12)23-11(4)20)18-16(21)24-17(5,6)7/h9,12-15H,8H2,1-7H3,(H,18,21)/t9-,12-,13-,14+,15+/m1/s1.